The number of hydrogen-bond donors (Lipinski definition) is 1. The monoisotopic (exact) mass is 433 g/mol. The number of rotatable bonds is 9. The molecule has 1 heterocycles. The molecule has 0 spiro atoms. The summed E-state index contributed by atoms with van der Waals surface area (Å²) in [5.74, 6) is 1.29. The molecule has 0 amide bonds. The molecule has 1 aliphatic heterocycles. The Morgan fingerprint density at radius 2 is 1.77 bits per heavy atom. The summed E-state index contributed by atoms with van der Waals surface area (Å²) in [7, 11) is -3.03. The predicted octanol–water partition coefficient (Wildman–Crippen LogP) is 3.43. The van der Waals surface area contributed by atoms with Gasteiger partial charge in [-0.25, -0.2) is 13.1 Å². The van der Waals surface area contributed by atoms with Gasteiger partial charge >= 0.3 is 0 Å². The number of anilines is 1. The lowest BCUT2D eigenvalue weighted by atomic mass is 9.73. The lowest BCUT2D eigenvalue weighted by Crippen LogP contribution is -2.51. The molecule has 1 aromatic carbocycles. The van der Waals surface area contributed by atoms with Crippen molar-refractivity contribution in [3.8, 4) is 0 Å². The number of benzene rings is 1. The molecular formula is C24H39N3O2S. The molecule has 6 heteroatoms. The van der Waals surface area contributed by atoms with Gasteiger partial charge in [-0.3, -0.25) is 4.90 Å². The zero-order valence-electron chi connectivity index (χ0n) is 18.9. The third kappa shape index (κ3) is 4.86. The number of nitrogens with one attached hydrogen (secondary N) is 1. The van der Waals surface area contributed by atoms with E-state index >= 15 is 0 Å². The van der Waals surface area contributed by atoms with Gasteiger partial charge in [0, 0.05) is 44.5 Å². The molecule has 1 unspecified atom stereocenters. The summed E-state index contributed by atoms with van der Waals surface area (Å²) in [5.41, 5.74) is 4.45. The molecule has 4 rings (SSSR count). The Labute approximate surface area is 183 Å². The van der Waals surface area contributed by atoms with Crippen LogP contribution >= 0.6 is 0 Å². The largest absolute Gasteiger partial charge is 0.369 e. The van der Waals surface area contributed by atoms with Gasteiger partial charge in [0.25, 0.3) is 0 Å². The van der Waals surface area contributed by atoms with Crippen molar-refractivity contribution in [3.63, 3.8) is 0 Å². The van der Waals surface area contributed by atoms with E-state index in [9.17, 15) is 8.42 Å². The SMILES string of the molecule is CCc1cccc(N2CCN(CC(C)C3CC(NS(=O)(=O)C4CC4)C3)CC2)c1CC. The molecule has 2 saturated carbocycles. The average Bonchev–Trinajstić information content (AvgIpc) is 3.56. The lowest BCUT2D eigenvalue weighted by Gasteiger charge is -2.43. The van der Waals surface area contributed by atoms with Crippen molar-refractivity contribution < 1.29 is 8.42 Å². The van der Waals surface area contributed by atoms with Crippen molar-refractivity contribution in [3.05, 3.63) is 29.3 Å². The van der Waals surface area contributed by atoms with Crippen LogP contribution in [-0.2, 0) is 22.9 Å². The summed E-state index contributed by atoms with van der Waals surface area (Å²) in [4.78, 5) is 5.18. The number of sulfonamides is 1. The molecule has 3 aliphatic rings. The maximum Gasteiger partial charge on any atom is 0.214 e. The van der Waals surface area contributed by atoms with Crippen LogP contribution in [0, 0.1) is 11.8 Å². The molecule has 5 nitrogen and oxygen atoms in total. The Kier molecular flexibility index (Phi) is 6.76. The van der Waals surface area contributed by atoms with Crippen LogP contribution in [0.15, 0.2) is 18.2 Å². The van der Waals surface area contributed by atoms with E-state index in [-0.39, 0.29) is 11.3 Å². The summed E-state index contributed by atoms with van der Waals surface area (Å²) in [6.45, 7) is 12.4. The highest BCUT2D eigenvalue weighted by atomic mass is 32.2. The summed E-state index contributed by atoms with van der Waals surface area (Å²) >= 11 is 0. The molecule has 1 saturated heterocycles. The van der Waals surface area contributed by atoms with Gasteiger partial charge < -0.3 is 4.90 Å². The fourth-order valence-electron chi connectivity index (χ4n) is 5.31. The first kappa shape index (κ1) is 22.1. The molecule has 1 aromatic rings. The van der Waals surface area contributed by atoms with E-state index < -0.39 is 10.0 Å². The Bertz CT molecular complexity index is 823. The molecule has 1 atom stereocenters. The minimum absolute atomic E-state index is 0.100. The van der Waals surface area contributed by atoms with E-state index in [0.29, 0.717) is 11.8 Å². The maximum atomic E-state index is 12.1. The van der Waals surface area contributed by atoms with Gasteiger partial charge in [-0.1, -0.05) is 32.9 Å². The normalized spacial score (nSPS) is 26.4. The van der Waals surface area contributed by atoms with E-state index in [1.54, 1.807) is 0 Å². The minimum Gasteiger partial charge on any atom is -0.369 e. The number of nitrogens with zero attached hydrogens (tertiary/aromatic N) is 2. The van der Waals surface area contributed by atoms with Crippen molar-refractivity contribution in [1.29, 1.82) is 0 Å². The predicted molar refractivity (Wildman–Crippen MR) is 125 cm³/mol. The van der Waals surface area contributed by atoms with Crippen molar-refractivity contribution in [2.75, 3.05) is 37.6 Å². The van der Waals surface area contributed by atoms with Crippen molar-refractivity contribution in [1.82, 2.24) is 9.62 Å². The van der Waals surface area contributed by atoms with Crippen molar-refractivity contribution in [2.45, 2.75) is 70.6 Å². The third-order valence-corrected chi connectivity index (χ3v) is 9.53. The average molecular weight is 434 g/mol. The molecule has 0 radical (unpaired) electrons. The summed E-state index contributed by atoms with van der Waals surface area (Å²) in [5, 5.41) is -0.100. The Morgan fingerprint density at radius 1 is 1.07 bits per heavy atom. The highest BCUT2D eigenvalue weighted by Crippen LogP contribution is 2.37. The van der Waals surface area contributed by atoms with Crippen LogP contribution in [0.3, 0.4) is 0 Å². The second-order valence-electron chi connectivity index (χ2n) is 9.68. The first-order valence-corrected chi connectivity index (χ1v) is 13.5. The molecule has 2 aliphatic carbocycles. The van der Waals surface area contributed by atoms with Crippen LogP contribution in [0.1, 0.15) is 57.6 Å². The van der Waals surface area contributed by atoms with Crippen molar-refractivity contribution >= 4 is 15.7 Å². The Hall–Kier alpha value is -1.11. The summed E-state index contributed by atoms with van der Waals surface area (Å²) in [6, 6.07) is 6.97. The zero-order chi connectivity index (χ0) is 21.3. The fraction of sp³-hybridized carbons (Fsp3) is 0.750. The molecular weight excluding hydrogens is 394 g/mol. The first-order chi connectivity index (χ1) is 14.4. The summed E-state index contributed by atoms with van der Waals surface area (Å²) < 4.78 is 27.1. The van der Waals surface area contributed by atoms with E-state index in [2.05, 4.69) is 53.5 Å². The number of piperazine rings is 1. The topological polar surface area (TPSA) is 52.6 Å². The second kappa shape index (κ2) is 9.17. The summed E-state index contributed by atoms with van der Waals surface area (Å²) in [6.07, 6.45) is 5.91. The molecule has 30 heavy (non-hydrogen) atoms. The van der Waals surface area contributed by atoms with Gasteiger partial charge in [0.15, 0.2) is 0 Å². The standard InChI is InChI=1S/C24H39N3O2S/c1-4-19-7-6-8-24(23(19)5-2)27-13-11-26(12-14-27)17-18(3)20-15-21(16-20)25-30(28,29)22-9-10-22/h6-8,18,20-22,25H,4-5,9-17H2,1-3H3. The molecule has 3 fully saturated rings. The minimum atomic E-state index is -3.03. The number of hydrogen-bond acceptors (Lipinski definition) is 4. The van der Waals surface area contributed by atoms with Crippen LogP contribution in [-0.4, -0.2) is 57.3 Å². The van der Waals surface area contributed by atoms with Crippen LogP contribution in [0.4, 0.5) is 5.69 Å². The van der Waals surface area contributed by atoms with Gasteiger partial charge in [0.05, 0.1) is 5.25 Å². The van der Waals surface area contributed by atoms with Crippen LogP contribution in [0.2, 0.25) is 0 Å². The highest BCUT2D eigenvalue weighted by Gasteiger charge is 2.41. The van der Waals surface area contributed by atoms with E-state index in [1.807, 2.05) is 0 Å². The van der Waals surface area contributed by atoms with Crippen LogP contribution in [0.5, 0.6) is 0 Å². The van der Waals surface area contributed by atoms with Gasteiger partial charge in [-0.2, -0.15) is 0 Å². The van der Waals surface area contributed by atoms with Crippen LogP contribution < -0.4 is 9.62 Å². The quantitative estimate of drug-likeness (QED) is 0.648. The smallest absolute Gasteiger partial charge is 0.214 e. The molecule has 0 bridgehead atoms. The maximum absolute atomic E-state index is 12.1. The van der Waals surface area contributed by atoms with Gasteiger partial charge in [-0.15, -0.1) is 0 Å². The molecule has 1 N–H and O–H groups in total. The van der Waals surface area contributed by atoms with E-state index in [4.69, 9.17) is 0 Å². The third-order valence-electron chi connectivity index (χ3n) is 7.52. The van der Waals surface area contributed by atoms with Crippen LogP contribution in [0.25, 0.3) is 0 Å². The Balaban J connectivity index is 1.23. The van der Waals surface area contributed by atoms with Gasteiger partial charge in [0.2, 0.25) is 10.0 Å². The molecule has 0 aromatic heterocycles. The zero-order valence-corrected chi connectivity index (χ0v) is 19.8. The van der Waals surface area contributed by atoms with E-state index in [1.165, 1.54) is 16.8 Å². The Morgan fingerprint density at radius 3 is 2.37 bits per heavy atom. The first-order valence-electron chi connectivity index (χ1n) is 12.0. The fourth-order valence-corrected chi connectivity index (χ4v) is 6.92. The second-order valence-corrected chi connectivity index (χ2v) is 11.7. The van der Waals surface area contributed by atoms with E-state index in [0.717, 1.165) is 71.2 Å². The van der Waals surface area contributed by atoms with Gasteiger partial charge in [-0.05, 0) is 67.6 Å². The van der Waals surface area contributed by atoms with Gasteiger partial charge in [0.1, 0.15) is 0 Å². The molecule has 168 valence electrons. The number of aryl methyl sites for hydroxylation is 1. The lowest BCUT2D eigenvalue weighted by molar-refractivity contribution is 0.125. The van der Waals surface area contributed by atoms with Crippen molar-refractivity contribution in [2.24, 2.45) is 11.8 Å². The highest BCUT2D eigenvalue weighted by molar-refractivity contribution is 7.90.